The molecule has 0 fully saturated rings. The summed E-state index contributed by atoms with van der Waals surface area (Å²) in [5, 5.41) is 10.2. The number of aromatic nitrogens is 1. The summed E-state index contributed by atoms with van der Waals surface area (Å²) in [5.74, 6) is -0.0773. The average molecular weight is 284 g/mol. The minimum Gasteiger partial charge on any atom is -0.508 e. The molecule has 18 heavy (non-hydrogen) atoms. The number of sulfonamides is 1. The van der Waals surface area contributed by atoms with Gasteiger partial charge in [0.2, 0.25) is 10.0 Å². The van der Waals surface area contributed by atoms with E-state index in [1.54, 1.807) is 6.20 Å². The molecular formula is C11H12N2O3S2. The second-order valence-electron chi connectivity index (χ2n) is 3.67. The van der Waals surface area contributed by atoms with Crippen LogP contribution in [-0.4, -0.2) is 18.5 Å². The van der Waals surface area contributed by atoms with Gasteiger partial charge < -0.3 is 5.11 Å². The molecule has 0 unspecified atom stereocenters. The minimum absolute atomic E-state index is 0.0451. The van der Waals surface area contributed by atoms with Crippen LogP contribution in [0.3, 0.4) is 0 Å². The van der Waals surface area contributed by atoms with Gasteiger partial charge >= 0.3 is 0 Å². The highest BCUT2D eigenvalue weighted by Crippen LogP contribution is 2.17. The summed E-state index contributed by atoms with van der Waals surface area (Å²) < 4.78 is 26.3. The number of nitrogens with one attached hydrogen (secondary N) is 1. The summed E-state index contributed by atoms with van der Waals surface area (Å²) in [5.41, 5.74) is 0. The van der Waals surface area contributed by atoms with Crippen molar-refractivity contribution in [3.05, 3.63) is 40.3 Å². The lowest BCUT2D eigenvalue weighted by Gasteiger charge is -2.05. The topological polar surface area (TPSA) is 79.3 Å². The van der Waals surface area contributed by atoms with Crippen LogP contribution in [-0.2, 0) is 16.6 Å². The average Bonchev–Trinajstić information content (AvgIpc) is 2.73. The van der Waals surface area contributed by atoms with Crippen molar-refractivity contribution in [3.63, 3.8) is 0 Å². The van der Waals surface area contributed by atoms with E-state index in [9.17, 15) is 13.5 Å². The molecule has 0 aliphatic rings. The third-order valence-electron chi connectivity index (χ3n) is 2.23. The summed E-state index contributed by atoms with van der Waals surface area (Å²) in [6, 6.07) is 5.55. The molecule has 0 aliphatic carbocycles. The Bertz CT molecular complexity index is 650. The van der Waals surface area contributed by atoms with E-state index in [0.717, 1.165) is 9.88 Å². The molecule has 0 spiro atoms. The van der Waals surface area contributed by atoms with Crippen LogP contribution in [0.1, 0.15) is 9.88 Å². The van der Waals surface area contributed by atoms with Gasteiger partial charge in [-0.3, -0.25) is 0 Å². The number of benzene rings is 1. The van der Waals surface area contributed by atoms with Gasteiger partial charge in [0.1, 0.15) is 5.75 Å². The summed E-state index contributed by atoms with van der Waals surface area (Å²) in [6.45, 7) is 2.06. The zero-order valence-electron chi connectivity index (χ0n) is 9.62. The molecule has 2 N–H and O–H groups in total. The standard InChI is InChI=1S/C11H12N2O3S2/c1-8-12-6-10(17-8)7-13-18(15,16)11-4-2-3-9(14)5-11/h2-6,13-14H,7H2,1H3. The predicted octanol–water partition coefficient (Wildman–Crippen LogP) is 1.64. The number of phenolic OH excluding ortho intramolecular Hbond substituents is 1. The molecule has 1 aromatic carbocycles. The van der Waals surface area contributed by atoms with E-state index in [1.165, 1.54) is 35.6 Å². The maximum Gasteiger partial charge on any atom is 0.241 e. The summed E-state index contributed by atoms with van der Waals surface area (Å²) in [6.07, 6.45) is 1.64. The number of hydrogen-bond acceptors (Lipinski definition) is 5. The van der Waals surface area contributed by atoms with E-state index in [1.807, 2.05) is 6.92 Å². The number of phenols is 1. The fourth-order valence-electron chi connectivity index (χ4n) is 1.39. The molecule has 0 saturated heterocycles. The molecule has 2 rings (SSSR count). The van der Waals surface area contributed by atoms with Crippen LogP contribution in [0.4, 0.5) is 0 Å². The molecule has 0 bridgehead atoms. The summed E-state index contributed by atoms with van der Waals surface area (Å²) in [7, 11) is -3.60. The van der Waals surface area contributed by atoms with E-state index >= 15 is 0 Å². The van der Waals surface area contributed by atoms with Crippen molar-refractivity contribution >= 4 is 21.4 Å². The lowest BCUT2D eigenvalue weighted by atomic mass is 10.3. The van der Waals surface area contributed by atoms with Crippen LogP contribution < -0.4 is 4.72 Å². The van der Waals surface area contributed by atoms with Gasteiger partial charge in [0.15, 0.2) is 0 Å². The zero-order valence-corrected chi connectivity index (χ0v) is 11.3. The highest BCUT2D eigenvalue weighted by molar-refractivity contribution is 7.89. The van der Waals surface area contributed by atoms with Gasteiger partial charge in [0.05, 0.1) is 9.90 Å². The first-order valence-electron chi connectivity index (χ1n) is 5.17. The Labute approximate surface area is 109 Å². The number of thiazole rings is 1. The normalized spacial score (nSPS) is 11.6. The minimum atomic E-state index is -3.60. The fraction of sp³-hybridized carbons (Fsp3) is 0.182. The molecule has 7 heteroatoms. The lowest BCUT2D eigenvalue weighted by molar-refractivity contribution is 0.473. The van der Waals surface area contributed by atoms with Crippen LogP contribution >= 0.6 is 11.3 Å². The van der Waals surface area contributed by atoms with Gasteiger partial charge in [-0.15, -0.1) is 11.3 Å². The van der Waals surface area contributed by atoms with Gasteiger partial charge in [-0.25, -0.2) is 18.1 Å². The zero-order chi connectivity index (χ0) is 13.2. The van der Waals surface area contributed by atoms with Crippen LogP contribution in [0.25, 0.3) is 0 Å². The van der Waals surface area contributed by atoms with Crippen LogP contribution in [0.15, 0.2) is 35.4 Å². The Kier molecular flexibility index (Phi) is 3.65. The van der Waals surface area contributed by atoms with Crippen molar-refractivity contribution in [1.82, 2.24) is 9.71 Å². The molecule has 1 aromatic heterocycles. The lowest BCUT2D eigenvalue weighted by Crippen LogP contribution is -2.22. The largest absolute Gasteiger partial charge is 0.508 e. The van der Waals surface area contributed by atoms with Gasteiger partial charge in [-0.05, 0) is 25.1 Å². The van der Waals surface area contributed by atoms with Crippen LogP contribution in [0, 0.1) is 6.92 Å². The third-order valence-corrected chi connectivity index (χ3v) is 4.55. The first-order chi connectivity index (χ1) is 8.47. The molecule has 0 amide bonds. The molecule has 0 atom stereocenters. The molecule has 96 valence electrons. The number of hydrogen-bond donors (Lipinski definition) is 2. The molecule has 0 aliphatic heterocycles. The number of aryl methyl sites for hydroxylation is 1. The number of aromatic hydroxyl groups is 1. The maximum atomic E-state index is 11.9. The number of nitrogens with zero attached hydrogens (tertiary/aromatic N) is 1. The van der Waals surface area contributed by atoms with Crippen molar-refractivity contribution in [2.75, 3.05) is 0 Å². The van der Waals surface area contributed by atoms with E-state index in [2.05, 4.69) is 9.71 Å². The first-order valence-corrected chi connectivity index (χ1v) is 7.47. The van der Waals surface area contributed by atoms with E-state index in [0.29, 0.717) is 0 Å². The highest BCUT2D eigenvalue weighted by Gasteiger charge is 2.14. The fourth-order valence-corrected chi connectivity index (χ4v) is 3.26. The molecule has 0 radical (unpaired) electrons. The quantitative estimate of drug-likeness (QED) is 0.894. The first kappa shape index (κ1) is 13.0. The second-order valence-corrected chi connectivity index (χ2v) is 6.75. The Balaban J connectivity index is 2.13. The molecule has 1 heterocycles. The smallest absolute Gasteiger partial charge is 0.241 e. The maximum absolute atomic E-state index is 11.9. The summed E-state index contributed by atoms with van der Waals surface area (Å²) >= 11 is 1.44. The highest BCUT2D eigenvalue weighted by atomic mass is 32.2. The van der Waals surface area contributed by atoms with E-state index in [4.69, 9.17) is 0 Å². The second kappa shape index (κ2) is 5.05. The third kappa shape index (κ3) is 3.06. The molecular weight excluding hydrogens is 272 g/mol. The van der Waals surface area contributed by atoms with Gasteiger partial charge in [0.25, 0.3) is 0 Å². The molecule has 2 aromatic rings. The monoisotopic (exact) mass is 284 g/mol. The Morgan fingerprint density at radius 1 is 1.44 bits per heavy atom. The van der Waals surface area contributed by atoms with Crippen LogP contribution in [0.5, 0.6) is 5.75 Å². The van der Waals surface area contributed by atoms with Crippen molar-refractivity contribution < 1.29 is 13.5 Å². The van der Waals surface area contributed by atoms with Gasteiger partial charge in [0, 0.05) is 17.6 Å². The Hall–Kier alpha value is -1.44. The summed E-state index contributed by atoms with van der Waals surface area (Å²) in [4.78, 5) is 4.94. The van der Waals surface area contributed by atoms with Gasteiger partial charge in [-0.1, -0.05) is 6.07 Å². The SMILES string of the molecule is Cc1ncc(CNS(=O)(=O)c2cccc(O)c2)s1. The molecule has 0 saturated carbocycles. The van der Waals surface area contributed by atoms with Crippen molar-refractivity contribution in [3.8, 4) is 5.75 Å². The Morgan fingerprint density at radius 3 is 2.83 bits per heavy atom. The Morgan fingerprint density at radius 2 is 2.22 bits per heavy atom. The van der Waals surface area contributed by atoms with Gasteiger partial charge in [-0.2, -0.15) is 0 Å². The van der Waals surface area contributed by atoms with Crippen molar-refractivity contribution in [1.29, 1.82) is 0 Å². The molecule has 5 nitrogen and oxygen atoms in total. The van der Waals surface area contributed by atoms with Crippen molar-refractivity contribution in [2.45, 2.75) is 18.4 Å². The van der Waals surface area contributed by atoms with Crippen LogP contribution in [0.2, 0.25) is 0 Å². The van der Waals surface area contributed by atoms with Crippen molar-refractivity contribution in [2.24, 2.45) is 0 Å². The predicted molar refractivity (Wildman–Crippen MR) is 69.0 cm³/mol. The van der Waals surface area contributed by atoms with E-state index < -0.39 is 10.0 Å². The van der Waals surface area contributed by atoms with E-state index in [-0.39, 0.29) is 17.2 Å². The number of rotatable bonds is 4.